The summed E-state index contributed by atoms with van der Waals surface area (Å²) in [5.74, 6) is 0. The number of aromatic hydroxyl groups is 1. The minimum atomic E-state index is -0.0852. The Labute approximate surface area is 123 Å². The summed E-state index contributed by atoms with van der Waals surface area (Å²) in [6.07, 6.45) is 2.86. The van der Waals surface area contributed by atoms with Crippen molar-refractivity contribution in [2.75, 3.05) is 6.61 Å². The zero-order valence-corrected chi connectivity index (χ0v) is 12.7. The molecule has 0 aromatic carbocycles. The van der Waals surface area contributed by atoms with E-state index in [1.165, 1.54) is 6.20 Å². The van der Waals surface area contributed by atoms with Gasteiger partial charge in [0.15, 0.2) is 5.65 Å². The lowest BCUT2D eigenvalue weighted by Crippen LogP contribution is -2.10. The van der Waals surface area contributed by atoms with Gasteiger partial charge in [-0.1, -0.05) is 18.5 Å². The Morgan fingerprint density at radius 2 is 2.28 bits per heavy atom. The molecule has 0 aliphatic rings. The van der Waals surface area contributed by atoms with Gasteiger partial charge in [-0.25, -0.2) is 4.98 Å². The minimum Gasteiger partial charge on any atom is -0.480 e. The summed E-state index contributed by atoms with van der Waals surface area (Å²) in [7, 11) is 0. The Morgan fingerprint density at radius 3 is 2.89 bits per heavy atom. The van der Waals surface area contributed by atoms with Gasteiger partial charge in [-0.05, 0) is 35.4 Å². The van der Waals surface area contributed by atoms with Crippen molar-refractivity contribution >= 4 is 45.4 Å². The van der Waals surface area contributed by atoms with Crippen LogP contribution in [0.4, 0.5) is 0 Å². The number of fused-ring (bicyclic) bond motifs is 1. The zero-order valence-electron chi connectivity index (χ0n) is 9.77. The third-order valence-electron chi connectivity index (χ3n) is 2.89. The van der Waals surface area contributed by atoms with E-state index in [2.05, 4.69) is 32.6 Å². The van der Waals surface area contributed by atoms with Crippen molar-refractivity contribution in [3.63, 3.8) is 0 Å². The van der Waals surface area contributed by atoms with Gasteiger partial charge < -0.3 is 10.2 Å². The number of nitrogens with zero attached hydrogens (tertiary/aromatic N) is 3. The molecule has 0 aliphatic heterocycles. The van der Waals surface area contributed by atoms with Crippen LogP contribution in [-0.4, -0.2) is 31.4 Å². The van der Waals surface area contributed by atoms with Crippen molar-refractivity contribution in [1.29, 1.82) is 0 Å². The van der Waals surface area contributed by atoms with Crippen LogP contribution in [0.25, 0.3) is 11.2 Å². The molecule has 2 heterocycles. The Kier molecular flexibility index (Phi) is 4.29. The number of hydrogen-bond acceptors (Lipinski definition) is 4. The van der Waals surface area contributed by atoms with Crippen LogP contribution in [0, 0.1) is 3.57 Å². The fourth-order valence-corrected chi connectivity index (χ4v) is 2.78. The molecule has 1 atom stereocenters. The molecule has 0 saturated carbocycles. The van der Waals surface area contributed by atoms with Crippen LogP contribution in [0.3, 0.4) is 0 Å². The van der Waals surface area contributed by atoms with E-state index in [-0.39, 0.29) is 18.7 Å². The largest absolute Gasteiger partial charge is 0.480 e. The van der Waals surface area contributed by atoms with Gasteiger partial charge in [0.1, 0.15) is 5.52 Å². The quantitative estimate of drug-likeness (QED) is 0.799. The summed E-state index contributed by atoms with van der Waals surface area (Å²) in [5.41, 5.74) is 1.19. The second kappa shape index (κ2) is 5.58. The molecule has 18 heavy (non-hydrogen) atoms. The molecule has 0 fully saturated rings. The molecule has 98 valence electrons. The lowest BCUT2D eigenvalue weighted by Gasteiger charge is -2.17. The molecule has 0 spiro atoms. The van der Waals surface area contributed by atoms with E-state index >= 15 is 0 Å². The van der Waals surface area contributed by atoms with Gasteiger partial charge in [0, 0.05) is 18.8 Å². The fraction of sp³-hybridized carbons (Fsp3) is 0.455. The van der Waals surface area contributed by atoms with Crippen molar-refractivity contribution in [2.24, 2.45) is 0 Å². The van der Waals surface area contributed by atoms with E-state index in [1.54, 1.807) is 4.57 Å². The van der Waals surface area contributed by atoms with Crippen molar-refractivity contribution in [2.45, 2.75) is 25.8 Å². The lowest BCUT2D eigenvalue weighted by molar-refractivity contribution is 0.248. The maximum absolute atomic E-state index is 9.96. The fourth-order valence-electron chi connectivity index (χ4n) is 2.00. The number of aliphatic hydroxyl groups excluding tert-OH is 1. The van der Waals surface area contributed by atoms with Gasteiger partial charge in [0.25, 0.3) is 6.01 Å². The van der Waals surface area contributed by atoms with E-state index in [4.69, 9.17) is 16.7 Å². The first-order valence-corrected chi connectivity index (χ1v) is 7.07. The van der Waals surface area contributed by atoms with Gasteiger partial charge in [-0.3, -0.25) is 4.57 Å². The number of aliphatic hydroxyl groups is 1. The number of pyridine rings is 1. The smallest absolute Gasteiger partial charge is 0.296 e. The number of hydrogen-bond donors (Lipinski definition) is 2. The third kappa shape index (κ3) is 2.28. The molecule has 0 amide bonds. The Balaban J connectivity index is 2.68. The van der Waals surface area contributed by atoms with Crippen LogP contribution in [0.1, 0.15) is 25.8 Å². The zero-order chi connectivity index (χ0) is 13.3. The van der Waals surface area contributed by atoms with Crippen molar-refractivity contribution in [3.05, 3.63) is 14.8 Å². The molecule has 5 nitrogen and oxygen atoms in total. The molecule has 0 bridgehead atoms. The van der Waals surface area contributed by atoms with Crippen LogP contribution in [-0.2, 0) is 0 Å². The minimum absolute atomic E-state index is 0.0196. The van der Waals surface area contributed by atoms with Gasteiger partial charge in [0.2, 0.25) is 0 Å². The topological polar surface area (TPSA) is 71.2 Å². The molecule has 0 radical (unpaired) electrons. The van der Waals surface area contributed by atoms with E-state index in [0.29, 0.717) is 17.1 Å². The second-order valence-corrected chi connectivity index (χ2v) is 5.43. The SMILES string of the molecule is CC[C@@H](CCO)n1c(O)nc2ncc(Cl)c(I)c21. The Hall–Kier alpha value is -0.600. The molecular formula is C11H13ClIN3O2. The lowest BCUT2D eigenvalue weighted by atomic mass is 10.1. The van der Waals surface area contributed by atoms with E-state index in [9.17, 15) is 5.11 Å². The normalized spacial score (nSPS) is 13.1. The van der Waals surface area contributed by atoms with E-state index in [0.717, 1.165) is 15.5 Å². The molecule has 0 unspecified atom stereocenters. The Bertz CT molecular complexity index is 573. The van der Waals surface area contributed by atoms with E-state index in [1.807, 2.05) is 6.92 Å². The van der Waals surface area contributed by atoms with E-state index < -0.39 is 0 Å². The summed E-state index contributed by atoms with van der Waals surface area (Å²) in [6.45, 7) is 2.05. The average molecular weight is 382 g/mol. The highest BCUT2D eigenvalue weighted by atomic mass is 127. The summed E-state index contributed by atoms with van der Waals surface area (Å²) in [6, 6.07) is -0.105. The van der Waals surface area contributed by atoms with Gasteiger partial charge >= 0.3 is 0 Å². The van der Waals surface area contributed by atoms with Crippen molar-refractivity contribution < 1.29 is 10.2 Å². The molecule has 2 aromatic rings. The van der Waals surface area contributed by atoms with Crippen LogP contribution in [0.2, 0.25) is 5.02 Å². The average Bonchev–Trinajstić information content (AvgIpc) is 2.68. The molecule has 2 aromatic heterocycles. The first-order valence-electron chi connectivity index (χ1n) is 5.61. The molecular weight excluding hydrogens is 368 g/mol. The van der Waals surface area contributed by atoms with Crippen LogP contribution in [0.15, 0.2) is 6.20 Å². The summed E-state index contributed by atoms with van der Waals surface area (Å²) in [4.78, 5) is 8.14. The predicted molar refractivity (Wildman–Crippen MR) is 78.0 cm³/mol. The summed E-state index contributed by atoms with van der Waals surface area (Å²) < 4.78 is 2.51. The first kappa shape index (κ1) is 13.8. The summed E-state index contributed by atoms with van der Waals surface area (Å²) in [5, 5.41) is 19.6. The third-order valence-corrected chi connectivity index (χ3v) is 4.59. The van der Waals surface area contributed by atoms with Gasteiger partial charge in [0.05, 0.1) is 8.59 Å². The molecule has 0 saturated heterocycles. The van der Waals surface area contributed by atoms with Crippen molar-refractivity contribution in [1.82, 2.24) is 14.5 Å². The Morgan fingerprint density at radius 1 is 1.56 bits per heavy atom. The number of halogens is 2. The highest BCUT2D eigenvalue weighted by Gasteiger charge is 2.21. The second-order valence-electron chi connectivity index (χ2n) is 3.95. The molecule has 0 aliphatic carbocycles. The number of rotatable bonds is 4. The highest BCUT2D eigenvalue weighted by Crippen LogP contribution is 2.33. The van der Waals surface area contributed by atoms with Crippen molar-refractivity contribution in [3.8, 4) is 6.01 Å². The highest BCUT2D eigenvalue weighted by molar-refractivity contribution is 14.1. The molecule has 7 heteroatoms. The maximum Gasteiger partial charge on any atom is 0.296 e. The van der Waals surface area contributed by atoms with Crippen LogP contribution in [0.5, 0.6) is 6.01 Å². The predicted octanol–water partition coefficient (Wildman–Crippen LogP) is 2.73. The standard InChI is InChI=1S/C11H13ClIN3O2/c1-2-6(3-4-17)16-9-8(13)7(12)5-14-10(9)15-11(16)18/h5-6,17H,2-4H2,1H3,(H,14,15,18)/t6-/m0/s1. The molecule has 2 rings (SSSR count). The monoisotopic (exact) mass is 381 g/mol. The molecule has 2 N–H and O–H groups in total. The van der Waals surface area contributed by atoms with Crippen LogP contribution < -0.4 is 0 Å². The van der Waals surface area contributed by atoms with Gasteiger partial charge in [-0.2, -0.15) is 4.98 Å². The first-order chi connectivity index (χ1) is 8.60. The maximum atomic E-state index is 9.96. The number of aromatic nitrogens is 3. The summed E-state index contributed by atoms with van der Waals surface area (Å²) >= 11 is 8.17. The van der Waals surface area contributed by atoms with Crippen LogP contribution >= 0.6 is 34.2 Å². The number of imidazole rings is 1. The van der Waals surface area contributed by atoms with Gasteiger partial charge in [-0.15, -0.1) is 0 Å².